The molecule has 0 atom stereocenters. The third kappa shape index (κ3) is 4.67. The van der Waals surface area contributed by atoms with Crippen molar-refractivity contribution >= 4 is 17.3 Å². The first-order chi connectivity index (χ1) is 16.1. The second-order valence-electron chi connectivity index (χ2n) is 7.79. The van der Waals surface area contributed by atoms with Gasteiger partial charge in [-0.25, -0.2) is 9.53 Å². The number of rotatable bonds is 8. The Morgan fingerprint density at radius 3 is 2.30 bits per heavy atom. The van der Waals surface area contributed by atoms with Crippen molar-refractivity contribution in [1.82, 2.24) is 0 Å². The topological polar surface area (TPSA) is 61.6 Å². The van der Waals surface area contributed by atoms with Gasteiger partial charge in [0.1, 0.15) is 11.3 Å². The van der Waals surface area contributed by atoms with Crippen LogP contribution in [0.3, 0.4) is 0 Å². The van der Waals surface area contributed by atoms with Gasteiger partial charge in [-0.1, -0.05) is 60.7 Å². The zero-order chi connectivity index (χ0) is 23.2. The van der Waals surface area contributed by atoms with Crippen molar-refractivity contribution in [2.45, 2.75) is 19.8 Å². The molecule has 5 nitrogen and oxygen atoms in total. The molecule has 3 aromatic carbocycles. The monoisotopic (exact) mass is 441 g/mol. The highest BCUT2D eigenvalue weighted by Gasteiger charge is 2.39. The zero-order valence-corrected chi connectivity index (χ0v) is 18.9. The highest BCUT2D eigenvalue weighted by molar-refractivity contribution is 6.35. The van der Waals surface area contributed by atoms with Gasteiger partial charge in [0.2, 0.25) is 5.71 Å². The number of fused-ring (bicyclic) bond motifs is 1. The summed E-state index contributed by atoms with van der Waals surface area (Å²) in [5, 5.41) is 13.5. The molecule has 1 aliphatic rings. The summed E-state index contributed by atoms with van der Waals surface area (Å²) in [5.41, 5.74) is 4.91. The molecule has 0 aromatic heterocycles. The number of esters is 1. The summed E-state index contributed by atoms with van der Waals surface area (Å²) in [6, 6.07) is 25.3. The molecule has 4 rings (SSSR count). The molecule has 0 radical (unpaired) electrons. The number of hydrogen-bond acceptors (Lipinski definition) is 4. The summed E-state index contributed by atoms with van der Waals surface area (Å²) in [6.07, 6.45) is 1.44. The van der Waals surface area contributed by atoms with Crippen molar-refractivity contribution in [3.05, 3.63) is 112 Å². The number of benzene rings is 3. The van der Waals surface area contributed by atoms with E-state index in [1.165, 1.54) is 5.56 Å². The highest BCUT2D eigenvalue weighted by atomic mass is 16.5. The van der Waals surface area contributed by atoms with Crippen molar-refractivity contribution < 1.29 is 19.0 Å². The van der Waals surface area contributed by atoms with Gasteiger partial charge in [0, 0.05) is 12.0 Å². The molecule has 0 fully saturated rings. The minimum absolute atomic E-state index is 0.226. The maximum Gasteiger partial charge on any atom is 0.345 e. The van der Waals surface area contributed by atoms with Gasteiger partial charge in [-0.2, -0.15) is 0 Å². The van der Waals surface area contributed by atoms with Gasteiger partial charge in [0.15, 0.2) is 6.54 Å². The fourth-order valence-corrected chi connectivity index (χ4v) is 4.20. The molecule has 0 saturated carbocycles. The maximum atomic E-state index is 13.5. The summed E-state index contributed by atoms with van der Waals surface area (Å²) in [5.74, 6) is 0.131. The minimum atomic E-state index is -0.495. The van der Waals surface area contributed by atoms with Crippen molar-refractivity contribution in [3.8, 4) is 5.75 Å². The lowest BCUT2D eigenvalue weighted by molar-refractivity contribution is -0.457. The van der Waals surface area contributed by atoms with Crippen LogP contribution in [0.2, 0.25) is 0 Å². The summed E-state index contributed by atoms with van der Waals surface area (Å²) < 4.78 is 11.8. The van der Waals surface area contributed by atoms with E-state index in [1.807, 2.05) is 66.7 Å². The van der Waals surface area contributed by atoms with Crippen LogP contribution in [0.25, 0.3) is 5.57 Å². The van der Waals surface area contributed by atoms with Gasteiger partial charge in [-0.05, 0) is 48.2 Å². The average Bonchev–Trinajstić information content (AvgIpc) is 3.20. The molecule has 0 saturated heterocycles. The van der Waals surface area contributed by atoms with E-state index in [0.717, 1.165) is 22.3 Å². The van der Waals surface area contributed by atoms with Crippen molar-refractivity contribution in [3.63, 3.8) is 0 Å². The Morgan fingerprint density at radius 2 is 1.64 bits per heavy atom. The van der Waals surface area contributed by atoms with E-state index in [4.69, 9.17) is 9.47 Å². The Morgan fingerprint density at radius 1 is 0.939 bits per heavy atom. The van der Waals surface area contributed by atoms with Gasteiger partial charge < -0.3 is 14.7 Å². The third-order valence-electron chi connectivity index (χ3n) is 5.70. The Balaban J connectivity index is 1.82. The molecule has 0 N–H and O–H groups in total. The lowest BCUT2D eigenvalue weighted by atomic mass is 9.97. The maximum absolute atomic E-state index is 13.5. The second-order valence-corrected chi connectivity index (χ2v) is 7.79. The number of methoxy groups -OCH3 is 1. The number of hydrogen-bond donors (Lipinski definition) is 0. The summed E-state index contributed by atoms with van der Waals surface area (Å²) in [4.78, 5) is 13.2. The first-order valence-corrected chi connectivity index (χ1v) is 11.2. The second kappa shape index (κ2) is 10.2. The van der Waals surface area contributed by atoms with Crippen molar-refractivity contribution in [2.24, 2.45) is 0 Å². The number of aryl methyl sites for hydroxylation is 1. The van der Waals surface area contributed by atoms with Crippen molar-refractivity contribution in [2.75, 3.05) is 20.3 Å². The summed E-state index contributed by atoms with van der Waals surface area (Å²) in [7, 11) is 1.59. The predicted molar refractivity (Wildman–Crippen MR) is 129 cm³/mol. The number of carbonyl (C=O) groups excluding carboxylic acids is 1. The van der Waals surface area contributed by atoms with Gasteiger partial charge in [-0.15, -0.1) is 0 Å². The first kappa shape index (κ1) is 22.3. The van der Waals surface area contributed by atoms with Gasteiger partial charge in [0.25, 0.3) is 0 Å². The lowest BCUT2D eigenvalue weighted by Gasteiger charge is -2.12. The largest absolute Gasteiger partial charge is 0.623 e. The molecule has 0 aliphatic heterocycles. The van der Waals surface area contributed by atoms with Crippen LogP contribution in [0.15, 0.2) is 84.4 Å². The normalized spacial score (nSPS) is 14.1. The Labute approximate surface area is 194 Å². The number of hydroxylamine groups is 1. The van der Waals surface area contributed by atoms with Crippen LogP contribution in [-0.2, 0) is 16.0 Å². The predicted octanol–water partition coefficient (Wildman–Crippen LogP) is 5.01. The van der Waals surface area contributed by atoms with Crippen LogP contribution in [-0.4, -0.2) is 36.7 Å². The zero-order valence-electron chi connectivity index (χ0n) is 18.9. The highest BCUT2D eigenvalue weighted by Crippen LogP contribution is 2.40. The smallest absolute Gasteiger partial charge is 0.345 e. The molecule has 0 spiro atoms. The van der Waals surface area contributed by atoms with E-state index in [-0.39, 0.29) is 13.2 Å². The summed E-state index contributed by atoms with van der Waals surface area (Å²) >= 11 is 0. The SMILES string of the molecule is CCOC(=O)C1=C(c2ccccc2)c2ccc(OC)cc2/C1=[N+](\[O-])CCCc1ccccc1. The molecule has 168 valence electrons. The Kier molecular flexibility index (Phi) is 6.89. The Bertz CT molecular complexity index is 1200. The van der Waals surface area contributed by atoms with Crippen molar-refractivity contribution in [1.29, 1.82) is 0 Å². The van der Waals surface area contributed by atoms with Crippen LogP contribution in [0, 0.1) is 5.21 Å². The molecule has 3 aromatic rings. The first-order valence-electron chi connectivity index (χ1n) is 11.2. The van der Waals surface area contributed by atoms with Crippen LogP contribution in [0.5, 0.6) is 5.75 Å². The molecule has 0 heterocycles. The van der Waals surface area contributed by atoms with Crippen LogP contribution < -0.4 is 4.74 Å². The molecule has 0 amide bonds. The fourth-order valence-electron chi connectivity index (χ4n) is 4.20. The van der Waals surface area contributed by atoms with E-state index in [2.05, 4.69) is 12.1 Å². The molecule has 0 unspecified atom stereocenters. The van der Waals surface area contributed by atoms with Crippen LogP contribution in [0.4, 0.5) is 0 Å². The van der Waals surface area contributed by atoms with Crippen LogP contribution >= 0.6 is 0 Å². The molecule has 33 heavy (non-hydrogen) atoms. The van der Waals surface area contributed by atoms with Gasteiger partial charge >= 0.3 is 5.97 Å². The van der Waals surface area contributed by atoms with E-state index in [0.29, 0.717) is 34.6 Å². The fraction of sp³-hybridized carbons (Fsp3) is 0.214. The number of carbonyl (C=O) groups is 1. The standard InChI is InChI=1S/C28H27NO4/c1-3-33-28(30)26-25(21-14-8-5-9-15-21)23-17-16-22(32-2)19-24(23)27(26)29(31)18-10-13-20-11-6-4-7-12-20/h4-9,11-12,14-17,19H,3,10,13,18H2,1-2H3/b29-27+. The van der Waals surface area contributed by atoms with E-state index in [9.17, 15) is 10.0 Å². The molecular weight excluding hydrogens is 414 g/mol. The Hall–Kier alpha value is -3.86. The van der Waals surface area contributed by atoms with Gasteiger partial charge in [0.05, 0.1) is 19.3 Å². The summed E-state index contributed by atoms with van der Waals surface area (Å²) in [6.45, 7) is 2.25. The van der Waals surface area contributed by atoms with Crippen LogP contribution in [0.1, 0.15) is 35.6 Å². The quantitative estimate of drug-likeness (QED) is 0.213. The molecule has 5 heteroatoms. The third-order valence-corrected chi connectivity index (χ3v) is 5.70. The van der Waals surface area contributed by atoms with Gasteiger partial charge in [-0.3, -0.25) is 0 Å². The average molecular weight is 442 g/mol. The molecule has 1 aliphatic carbocycles. The molecular formula is C28H27NO4. The number of ether oxygens (including phenoxy) is 2. The molecule has 0 bridgehead atoms. The van der Waals surface area contributed by atoms with E-state index in [1.54, 1.807) is 14.0 Å². The number of nitrogens with zero attached hydrogens (tertiary/aromatic N) is 1. The van der Waals surface area contributed by atoms with E-state index < -0.39 is 5.97 Å². The lowest BCUT2D eigenvalue weighted by Crippen LogP contribution is -2.24. The minimum Gasteiger partial charge on any atom is -0.623 e. The van der Waals surface area contributed by atoms with E-state index >= 15 is 0 Å².